The fourth-order valence-corrected chi connectivity index (χ4v) is 4.43. The molecule has 0 fully saturated rings. The fourth-order valence-electron chi connectivity index (χ4n) is 2.82. The number of unbranched alkanes of at least 4 members (excludes halogenated alkanes) is 1. The standard InChI is InChI=1S/C24H28N4O3S2/c1-4-5-13-31-23(30)18-7-6-8-19(14-18)25-22(29)16-33-24-27-26-21(28(24)3)15-32-20-11-9-17(2)10-12-20/h6-12,14H,4-5,13,15-16H2,1-3H3,(H,25,29). The zero-order chi connectivity index (χ0) is 23.6. The number of nitrogens with zero attached hydrogens (tertiary/aromatic N) is 3. The third-order valence-corrected chi connectivity index (χ3v) is 6.79. The number of anilines is 1. The number of aromatic nitrogens is 3. The van der Waals surface area contributed by atoms with E-state index in [0.717, 1.165) is 18.7 Å². The van der Waals surface area contributed by atoms with Gasteiger partial charge in [0.1, 0.15) is 5.82 Å². The topological polar surface area (TPSA) is 86.1 Å². The van der Waals surface area contributed by atoms with Crippen molar-refractivity contribution in [2.45, 2.75) is 42.5 Å². The van der Waals surface area contributed by atoms with Crippen LogP contribution in [0.3, 0.4) is 0 Å². The van der Waals surface area contributed by atoms with Crippen LogP contribution in [0.1, 0.15) is 41.5 Å². The Morgan fingerprint density at radius 1 is 1.09 bits per heavy atom. The predicted molar refractivity (Wildman–Crippen MR) is 133 cm³/mol. The monoisotopic (exact) mass is 484 g/mol. The fraction of sp³-hybridized carbons (Fsp3) is 0.333. The lowest BCUT2D eigenvalue weighted by Gasteiger charge is -2.08. The third-order valence-electron chi connectivity index (χ3n) is 4.76. The van der Waals surface area contributed by atoms with E-state index in [9.17, 15) is 9.59 Å². The van der Waals surface area contributed by atoms with Crippen LogP contribution in [0.2, 0.25) is 0 Å². The van der Waals surface area contributed by atoms with Crippen LogP contribution >= 0.6 is 23.5 Å². The molecule has 9 heteroatoms. The molecule has 0 aliphatic heterocycles. The molecule has 3 rings (SSSR count). The van der Waals surface area contributed by atoms with Crippen LogP contribution in [0.15, 0.2) is 58.6 Å². The second-order valence-electron chi connectivity index (χ2n) is 7.47. The van der Waals surface area contributed by atoms with E-state index in [1.165, 1.54) is 22.2 Å². The van der Waals surface area contributed by atoms with E-state index < -0.39 is 0 Å². The van der Waals surface area contributed by atoms with Gasteiger partial charge in [-0.15, -0.1) is 22.0 Å². The van der Waals surface area contributed by atoms with Crippen molar-refractivity contribution in [2.75, 3.05) is 17.7 Å². The summed E-state index contributed by atoms with van der Waals surface area (Å²) in [5.41, 5.74) is 2.20. The Bertz CT molecular complexity index is 1080. The molecule has 1 aromatic heterocycles. The smallest absolute Gasteiger partial charge is 0.338 e. The summed E-state index contributed by atoms with van der Waals surface area (Å²) in [6, 6.07) is 15.1. The average molecular weight is 485 g/mol. The van der Waals surface area contributed by atoms with E-state index in [-0.39, 0.29) is 17.6 Å². The molecular formula is C24H28N4O3S2. The second kappa shape index (κ2) is 12.5. The first-order chi connectivity index (χ1) is 16.0. The third kappa shape index (κ3) is 7.64. The molecule has 1 heterocycles. The molecule has 0 atom stereocenters. The first-order valence-electron chi connectivity index (χ1n) is 10.7. The van der Waals surface area contributed by atoms with Crippen LogP contribution in [-0.2, 0) is 22.3 Å². The summed E-state index contributed by atoms with van der Waals surface area (Å²) in [5, 5.41) is 12.0. The minimum Gasteiger partial charge on any atom is -0.462 e. The summed E-state index contributed by atoms with van der Waals surface area (Å²) in [4.78, 5) is 25.7. The first kappa shape index (κ1) is 24.9. The quantitative estimate of drug-likeness (QED) is 0.230. The number of carbonyl (C=O) groups excluding carboxylic acids is 2. The van der Waals surface area contributed by atoms with Crippen molar-refractivity contribution >= 4 is 41.1 Å². The predicted octanol–water partition coefficient (Wildman–Crippen LogP) is 5.10. The highest BCUT2D eigenvalue weighted by Crippen LogP contribution is 2.24. The number of thioether (sulfide) groups is 2. The molecule has 3 aromatic rings. The Balaban J connectivity index is 1.49. The van der Waals surface area contributed by atoms with Crippen molar-refractivity contribution in [1.29, 1.82) is 0 Å². The maximum absolute atomic E-state index is 12.4. The van der Waals surface area contributed by atoms with Gasteiger partial charge >= 0.3 is 5.97 Å². The van der Waals surface area contributed by atoms with E-state index in [1.807, 2.05) is 18.5 Å². The van der Waals surface area contributed by atoms with E-state index in [2.05, 4.69) is 46.7 Å². The Hall–Kier alpha value is -2.78. The number of hydrogen-bond acceptors (Lipinski definition) is 7. The van der Waals surface area contributed by atoms with Gasteiger partial charge in [-0.2, -0.15) is 0 Å². The molecule has 174 valence electrons. The van der Waals surface area contributed by atoms with Crippen LogP contribution in [-0.4, -0.2) is 39.0 Å². The summed E-state index contributed by atoms with van der Waals surface area (Å²) in [6.07, 6.45) is 1.79. The van der Waals surface area contributed by atoms with Gasteiger partial charge in [0, 0.05) is 17.6 Å². The van der Waals surface area contributed by atoms with Crippen LogP contribution in [0.25, 0.3) is 0 Å². The van der Waals surface area contributed by atoms with Gasteiger partial charge in [0.05, 0.1) is 23.7 Å². The summed E-state index contributed by atoms with van der Waals surface area (Å²) < 4.78 is 7.14. The number of rotatable bonds is 11. The van der Waals surface area contributed by atoms with Crippen LogP contribution in [0.4, 0.5) is 5.69 Å². The lowest BCUT2D eigenvalue weighted by molar-refractivity contribution is -0.113. The maximum atomic E-state index is 12.4. The largest absolute Gasteiger partial charge is 0.462 e. The van der Waals surface area contributed by atoms with Crippen LogP contribution in [0.5, 0.6) is 0 Å². The Kier molecular flexibility index (Phi) is 9.38. The van der Waals surface area contributed by atoms with Gasteiger partial charge in [0.15, 0.2) is 5.16 Å². The molecule has 1 N–H and O–H groups in total. The number of amides is 1. The normalized spacial score (nSPS) is 10.8. The summed E-state index contributed by atoms with van der Waals surface area (Å²) in [5.74, 6) is 1.15. The number of benzene rings is 2. The van der Waals surface area contributed by atoms with Crippen molar-refractivity contribution < 1.29 is 14.3 Å². The molecule has 2 aromatic carbocycles. The summed E-state index contributed by atoms with van der Waals surface area (Å²) in [7, 11) is 1.90. The average Bonchev–Trinajstić information content (AvgIpc) is 3.17. The molecule has 0 aliphatic rings. The Labute approximate surface area is 202 Å². The molecule has 0 bridgehead atoms. The molecule has 7 nitrogen and oxygen atoms in total. The molecule has 0 spiro atoms. The van der Waals surface area contributed by atoms with E-state index in [4.69, 9.17) is 4.74 Å². The number of aryl methyl sites for hydroxylation is 1. The molecule has 33 heavy (non-hydrogen) atoms. The molecular weight excluding hydrogens is 456 g/mol. The van der Waals surface area contributed by atoms with Gasteiger partial charge in [0.25, 0.3) is 0 Å². The molecule has 0 saturated carbocycles. The van der Waals surface area contributed by atoms with Gasteiger partial charge in [0.2, 0.25) is 5.91 Å². The second-order valence-corrected chi connectivity index (χ2v) is 9.46. The zero-order valence-corrected chi connectivity index (χ0v) is 20.7. The number of ether oxygens (including phenoxy) is 1. The van der Waals surface area contributed by atoms with Gasteiger partial charge in [-0.05, 0) is 43.7 Å². The van der Waals surface area contributed by atoms with Crippen molar-refractivity contribution in [3.05, 3.63) is 65.5 Å². The Morgan fingerprint density at radius 2 is 1.88 bits per heavy atom. The molecule has 0 aliphatic carbocycles. The lowest BCUT2D eigenvalue weighted by atomic mass is 10.2. The van der Waals surface area contributed by atoms with Gasteiger partial charge in [-0.3, -0.25) is 4.79 Å². The first-order valence-corrected chi connectivity index (χ1v) is 12.7. The minimum atomic E-state index is -0.385. The summed E-state index contributed by atoms with van der Waals surface area (Å²) in [6.45, 7) is 4.50. The van der Waals surface area contributed by atoms with Gasteiger partial charge in [-0.25, -0.2) is 4.79 Å². The van der Waals surface area contributed by atoms with Crippen molar-refractivity contribution in [1.82, 2.24) is 14.8 Å². The number of nitrogens with one attached hydrogen (secondary N) is 1. The van der Waals surface area contributed by atoms with Gasteiger partial charge < -0.3 is 14.6 Å². The molecule has 0 unspecified atom stereocenters. The molecule has 0 saturated heterocycles. The van der Waals surface area contributed by atoms with E-state index in [1.54, 1.807) is 36.0 Å². The SMILES string of the molecule is CCCCOC(=O)c1cccc(NC(=O)CSc2nnc(CSc3ccc(C)cc3)n2C)c1. The number of esters is 1. The van der Waals surface area contributed by atoms with Crippen LogP contribution < -0.4 is 5.32 Å². The van der Waals surface area contributed by atoms with E-state index in [0.29, 0.717) is 28.8 Å². The Morgan fingerprint density at radius 3 is 2.64 bits per heavy atom. The van der Waals surface area contributed by atoms with E-state index >= 15 is 0 Å². The van der Waals surface area contributed by atoms with Crippen LogP contribution in [0, 0.1) is 6.92 Å². The van der Waals surface area contributed by atoms with Crippen molar-refractivity contribution in [3.8, 4) is 0 Å². The molecule has 0 radical (unpaired) electrons. The highest BCUT2D eigenvalue weighted by atomic mass is 32.2. The lowest BCUT2D eigenvalue weighted by Crippen LogP contribution is -2.15. The highest BCUT2D eigenvalue weighted by molar-refractivity contribution is 7.99. The number of carbonyl (C=O) groups is 2. The summed E-state index contributed by atoms with van der Waals surface area (Å²) >= 11 is 3.02. The van der Waals surface area contributed by atoms with Gasteiger partial charge in [-0.1, -0.05) is 48.9 Å². The van der Waals surface area contributed by atoms with Crippen molar-refractivity contribution in [3.63, 3.8) is 0 Å². The highest BCUT2D eigenvalue weighted by Gasteiger charge is 2.13. The zero-order valence-electron chi connectivity index (χ0n) is 19.0. The minimum absolute atomic E-state index is 0.183. The number of hydrogen-bond donors (Lipinski definition) is 1. The molecule has 1 amide bonds. The maximum Gasteiger partial charge on any atom is 0.338 e. The van der Waals surface area contributed by atoms with Crippen molar-refractivity contribution in [2.24, 2.45) is 7.05 Å².